The number of aromatic nitrogens is 2. The summed E-state index contributed by atoms with van der Waals surface area (Å²) in [5.74, 6) is 1.91. The lowest BCUT2D eigenvalue weighted by atomic mass is 10.0. The molecule has 0 aliphatic carbocycles. The van der Waals surface area contributed by atoms with Gasteiger partial charge in [0, 0.05) is 57.6 Å². The molecule has 0 saturated carbocycles. The van der Waals surface area contributed by atoms with Crippen molar-refractivity contribution >= 4 is 11.8 Å². The Labute approximate surface area is 159 Å². The van der Waals surface area contributed by atoms with Gasteiger partial charge in [0.15, 0.2) is 0 Å². The summed E-state index contributed by atoms with van der Waals surface area (Å²) in [4.78, 5) is 16.4. The number of rotatable bonds is 7. The molecule has 1 aromatic heterocycles. The number of hydrogen-bond acceptors (Lipinski definition) is 6. The second-order valence-electron chi connectivity index (χ2n) is 7.86. The van der Waals surface area contributed by atoms with E-state index in [1.165, 1.54) is 38.8 Å². The van der Waals surface area contributed by atoms with Crippen molar-refractivity contribution in [1.82, 2.24) is 20.2 Å². The van der Waals surface area contributed by atoms with Crippen LogP contribution in [0.2, 0.25) is 0 Å². The van der Waals surface area contributed by atoms with E-state index >= 15 is 0 Å². The van der Waals surface area contributed by atoms with E-state index in [9.17, 15) is 0 Å². The molecule has 3 heterocycles. The summed E-state index contributed by atoms with van der Waals surface area (Å²) in [6.45, 7) is 10.2. The van der Waals surface area contributed by atoms with Crippen LogP contribution in [-0.4, -0.2) is 73.8 Å². The Balaban J connectivity index is 1.53. The van der Waals surface area contributed by atoms with E-state index in [1.54, 1.807) is 0 Å². The van der Waals surface area contributed by atoms with Gasteiger partial charge >= 0.3 is 0 Å². The molecule has 2 aliphatic heterocycles. The van der Waals surface area contributed by atoms with Gasteiger partial charge < -0.3 is 15.1 Å². The summed E-state index contributed by atoms with van der Waals surface area (Å²) in [5.41, 5.74) is 1.12. The van der Waals surface area contributed by atoms with E-state index in [1.807, 2.05) is 19.0 Å². The summed E-state index contributed by atoms with van der Waals surface area (Å²) < 4.78 is 0. The minimum atomic E-state index is 0.645. The Morgan fingerprint density at radius 3 is 2.54 bits per heavy atom. The molecule has 0 amide bonds. The zero-order valence-corrected chi connectivity index (χ0v) is 17.0. The highest BCUT2D eigenvalue weighted by Gasteiger charge is 2.25. The van der Waals surface area contributed by atoms with Crippen molar-refractivity contribution in [3.8, 4) is 0 Å². The van der Waals surface area contributed by atoms with Crippen molar-refractivity contribution in [2.24, 2.45) is 0 Å². The van der Waals surface area contributed by atoms with Crippen LogP contribution in [0.4, 0.5) is 11.8 Å². The summed E-state index contributed by atoms with van der Waals surface area (Å²) >= 11 is 0. The van der Waals surface area contributed by atoms with Crippen molar-refractivity contribution in [3.05, 3.63) is 11.8 Å². The van der Waals surface area contributed by atoms with Crippen LogP contribution in [0.25, 0.3) is 0 Å². The predicted molar refractivity (Wildman–Crippen MR) is 109 cm³/mol. The Hall–Kier alpha value is -1.40. The minimum Gasteiger partial charge on any atom is -0.356 e. The van der Waals surface area contributed by atoms with Crippen LogP contribution in [0, 0.1) is 0 Å². The molecule has 0 aromatic carbocycles. The lowest BCUT2D eigenvalue weighted by Crippen LogP contribution is -2.47. The fourth-order valence-electron chi connectivity index (χ4n) is 4.17. The van der Waals surface area contributed by atoms with Crippen molar-refractivity contribution in [2.75, 3.05) is 56.6 Å². The maximum absolute atomic E-state index is 4.77. The van der Waals surface area contributed by atoms with Crippen molar-refractivity contribution in [3.63, 3.8) is 0 Å². The highest BCUT2D eigenvalue weighted by atomic mass is 15.3. The molecule has 26 heavy (non-hydrogen) atoms. The molecule has 2 aliphatic rings. The van der Waals surface area contributed by atoms with E-state index in [0.29, 0.717) is 6.04 Å². The standard InChI is InChI=1S/C20H36N6/c1-5-16-14-19(23-20(22-16)24(3)4)26-12-9-17(10-13-26)21-15-18-8-7-11-25(18)6-2/h14,17-18,21H,5-13,15H2,1-4H3/t18-/m0/s1. The third-order valence-corrected chi connectivity index (χ3v) is 5.88. The number of anilines is 2. The minimum absolute atomic E-state index is 0.645. The first kappa shape index (κ1) is 19.4. The molecule has 2 fully saturated rings. The fraction of sp³-hybridized carbons (Fsp3) is 0.800. The van der Waals surface area contributed by atoms with Gasteiger partial charge in [-0.2, -0.15) is 4.98 Å². The molecule has 0 spiro atoms. The Bertz CT molecular complexity index is 567. The molecule has 6 heteroatoms. The average Bonchev–Trinajstić information content (AvgIpc) is 3.14. The monoisotopic (exact) mass is 360 g/mol. The zero-order chi connectivity index (χ0) is 18.5. The van der Waals surface area contributed by atoms with E-state index in [2.05, 4.69) is 40.0 Å². The van der Waals surface area contributed by atoms with Crippen molar-refractivity contribution in [1.29, 1.82) is 0 Å². The van der Waals surface area contributed by atoms with E-state index < -0.39 is 0 Å². The van der Waals surface area contributed by atoms with Gasteiger partial charge in [-0.05, 0) is 45.2 Å². The van der Waals surface area contributed by atoms with E-state index in [0.717, 1.165) is 49.6 Å². The van der Waals surface area contributed by atoms with Crippen LogP contribution in [0.3, 0.4) is 0 Å². The maximum Gasteiger partial charge on any atom is 0.227 e. The molecule has 1 atom stereocenters. The van der Waals surface area contributed by atoms with Crippen LogP contribution in [0.15, 0.2) is 6.07 Å². The number of aryl methyl sites for hydroxylation is 1. The first-order valence-corrected chi connectivity index (χ1v) is 10.4. The van der Waals surface area contributed by atoms with Crippen molar-refractivity contribution in [2.45, 2.75) is 58.0 Å². The number of piperidine rings is 1. The smallest absolute Gasteiger partial charge is 0.227 e. The van der Waals surface area contributed by atoms with Crippen LogP contribution in [-0.2, 0) is 6.42 Å². The van der Waals surface area contributed by atoms with Crippen LogP contribution >= 0.6 is 0 Å². The summed E-state index contributed by atoms with van der Waals surface area (Å²) in [6.07, 6.45) is 6.06. The average molecular weight is 361 g/mol. The highest BCUT2D eigenvalue weighted by Crippen LogP contribution is 2.22. The Kier molecular flexibility index (Phi) is 6.70. The lowest BCUT2D eigenvalue weighted by molar-refractivity contribution is 0.248. The first-order chi connectivity index (χ1) is 12.6. The normalized spacial score (nSPS) is 22.2. The number of nitrogens with one attached hydrogen (secondary N) is 1. The Morgan fingerprint density at radius 2 is 1.88 bits per heavy atom. The molecule has 2 saturated heterocycles. The van der Waals surface area contributed by atoms with Gasteiger partial charge in [0.25, 0.3) is 0 Å². The molecule has 146 valence electrons. The van der Waals surface area contributed by atoms with Gasteiger partial charge in [-0.25, -0.2) is 4.98 Å². The molecule has 1 aromatic rings. The topological polar surface area (TPSA) is 47.5 Å². The second-order valence-corrected chi connectivity index (χ2v) is 7.86. The lowest BCUT2D eigenvalue weighted by Gasteiger charge is -2.35. The molecule has 6 nitrogen and oxygen atoms in total. The highest BCUT2D eigenvalue weighted by molar-refractivity contribution is 5.46. The summed E-state index contributed by atoms with van der Waals surface area (Å²) in [5, 5.41) is 3.84. The molecular formula is C20H36N6. The molecule has 0 radical (unpaired) electrons. The van der Waals surface area contributed by atoms with Gasteiger partial charge in [0.1, 0.15) is 5.82 Å². The third-order valence-electron chi connectivity index (χ3n) is 5.88. The quantitative estimate of drug-likeness (QED) is 0.804. The number of likely N-dealkylation sites (tertiary alicyclic amines) is 1. The summed E-state index contributed by atoms with van der Waals surface area (Å²) in [7, 11) is 4.02. The summed E-state index contributed by atoms with van der Waals surface area (Å²) in [6, 6.07) is 3.55. The third kappa shape index (κ3) is 4.65. The second kappa shape index (κ2) is 9.00. The fourth-order valence-corrected chi connectivity index (χ4v) is 4.17. The zero-order valence-electron chi connectivity index (χ0n) is 17.0. The largest absolute Gasteiger partial charge is 0.356 e. The number of hydrogen-bond donors (Lipinski definition) is 1. The SMILES string of the molecule is CCc1cc(N2CCC(NC[C@@H]3CCCN3CC)CC2)nc(N(C)C)n1. The molecule has 0 unspecified atom stereocenters. The Morgan fingerprint density at radius 1 is 1.12 bits per heavy atom. The van der Waals surface area contributed by atoms with Gasteiger partial charge in [-0.1, -0.05) is 13.8 Å². The molecule has 3 rings (SSSR count). The first-order valence-electron chi connectivity index (χ1n) is 10.4. The van der Waals surface area contributed by atoms with E-state index in [4.69, 9.17) is 4.98 Å². The molecule has 1 N–H and O–H groups in total. The van der Waals surface area contributed by atoms with Crippen LogP contribution in [0.1, 0.15) is 45.2 Å². The number of likely N-dealkylation sites (N-methyl/N-ethyl adjacent to an activating group) is 1. The van der Waals surface area contributed by atoms with Crippen LogP contribution in [0.5, 0.6) is 0 Å². The predicted octanol–water partition coefficient (Wildman–Crippen LogP) is 2.15. The molecular weight excluding hydrogens is 324 g/mol. The van der Waals surface area contributed by atoms with Gasteiger partial charge in [-0.15, -0.1) is 0 Å². The maximum atomic E-state index is 4.77. The number of nitrogens with zero attached hydrogens (tertiary/aromatic N) is 5. The van der Waals surface area contributed by atoms with Crippen molar-refractivity contribution < 1.29 is 0 Å². The van der Waals surface area contributed by atoms with Gasteiger partial charge in [0.05, 0.1) is 0 Å². The molecule has 0 bridgehead atoms. The van der Waals surface area contributed by atoms with E-state index in [-0.39, 0.29) is 0 Å². The van der Waals surface area contributed by atoms with Gasteiger partial charge in [-0.3, -0.25) is 4.90 Å². The van der Waals surface area contributed by atoms with Gasteiger partial charge in [0.2, 0.25) is 5.95 Å². The van der Waals surface area contributed by atoms with Crippen LogP contribution < -0.4 is 15.1 Å².